The van der Waals surface area contributed by atoms with Gasteiger partial charge in [0.15, 0.2) is 4.96 Å². The summed E-state index contributed by atoms with van der Waals surface area (Å²) in [5.41, 5.74) is 0.751. The number of hydrogen-bond acceptors (Lipinski definition) is 4. The molecule has 0 spiro atoms. The minimum Gasteiger partial charge on any atom is -0.354 e. The third-order valence-corrected chi connectivity index (χ3v) is 3.86. The molecule has 7 heteroatoms. The summed E-state index contributed by atoms with van der Waals surface area (Å²) in [6, 6.07) is 0. The maximum absolute atomic E-state index is 12.2. The van der Waals surface area contributed by atoms with Crippen LogP contribution in [-0.4, -0.2) is 45.7 Å². The molecule has 0 aliphatic carbocycles. The Kier molecular flexibility index (Phi) is 3.20. The highest BCUT2D eigenvalue weighted by molar-refractivity contribution is 7.15. The fourth-order valence-corrected chi connectivity index (χ4v) is 2.87. The third kappa shape index (κ3) is 2.60. The summed E-state index contributed by atoms with van der Waals surface area (Å²) in [5.74, 6) is -0.125. The van der Waals surface area contributed by atoms with Crippen LogP contribution in [0.2, 0.25) is 0 Å². The predicted octanol–water partition coefficient (Wildman–Crippen LogP) is 0.287. The molecule has 1 fully saturated rings. The van der Waals surface area contributed by atoms with Gasteiger partial charge in [0, 0.05) is 30.9 Å². The minimum atomic E-state index is -0.0864. The topological polar surface area (TPSA) is 66.7 Å². The molecule has 100 valence electrons. The van der Waals surface area contributed by atoms with Crippen LogP contribution in [0.3, 0.4) is 0 Å². The van der Waals surface area contributed by atoms with Crippen molar-refractivity contribution in [3.8, 4) is 0 Å². The van der Waals surface area contributed by atoms with Crippen molar-refractivity contribution in [2.75, 3.05) is 19.6 Å². The van der Waals surface area contributed by atoms with Crippen molar-refractivity contribution in [1.29, 1.82) is 0 Å². The zero-order valence-corrected chi connectivity index (χ0v) is 11.2. The summed E-state index contributed by atoms with van der Waals surface area (Å²) < 4.78 is 1.91. The standard InChI is InChI=1S/C12H14N4O2S/c17-10-8-15(3-1-2-13-10)11(18)6-9-7-16-4-5-19-12(16)14-9/h4-5,7H,1-3,6,8H2,(H,13,17). The second-order valence-corrected chi connectivity index (χ2v) is 5.39. The molecule has 0 saturated carbocycles. The molecule has 0 aromatic carbocycles. The van der Waals surface area contributed by atoms with Gasteiger partial charge < -0.3 is 10.2 Å². The number of carbonyl (C=O) groups excluding carboxylic acids is 2. The summed E-state index contributed by atoms with van der Waals surface area (Å²) in [4.78, 5) is 30.5. The lowest BCUT2D eigenvalue weighted by molar-refractivity contribution is -0.134. The second kappa shape index (κ2) is 5.00. The Bertz CT molecular complexity index is 590. The Balaban J connectivity index is 1.69. The van der Waals surface area contributed by atoms with Gasteiger partial charge in [-0.15, -0.1) is 11.3 Å². The van der Waals surface area contributed by atoms with Gasteiger partial charge in [-0.3, -0.25) is 14.0 Å². The van der Waals surface area contributed by atoms with E-state index in [1.807, 2.05) is 22.2 Å². The molecule has 6 nitrogen and oxygen atoms in total. The Morgan fingerprint density at radius 1 is 1.53 bits per heavy atom. The summed E-state index contributed by atoms with van der Waals surface area (Å²) in [7, 11) is 0. The molecule has 1 saturated heterocycles. The average Bonchev–Trinajstić information content (AvgIpc) is 2.86. The van der Waals surface area contributed by atoms with Crippen molar-refractivity contribution in [3.05, 3.63) is 23.5 Å². The van der Waals surface area contributed by atoms with Gasteiger partial charge in [0.2, 0.25) is 11.8 Å². The molecule has 0 bridgehead atoms. The fraction of sp³-hybridized carbons (Fsp3) is 0.417. The van der Waals surface area contributed by atoms with E-state index in [9.17, 15) is 9.59 Å². The van der Waals surface area contributed by atoms with E-state index in [0.717, 1.165) is 17.1 Å². The van der Waals surface area contributed by atoms with Crippen LogP contribution in [0, 0.1) is 0 Å². The van der Waals surface area contributed by atoms with Gasteiger partial charge in [-0.05, 0) is 6.42 Å². The zero-order chi connectivity index (χ0) is 13.2. The SMILES string of the molecule is O=C1CN(C(=O)Cc2cn3ccsc3n2)CCCN1. The Hall–Kier alpha value is -1.89. The van der Waals surface area contributed by atoms with E-state index in [1.54, 1.807) is 4.90 Å². The van der Waals surface area contributed by atoms with Crippen LogP contribution in [0.1, 0.15) is 12.1 Å². The first kappa shape index (κ1) is 12.2. The number of amides is 2. The number of fused-ring (bicyclic) bond motifs is 1. The molecular weight excluding hydrogens is 264 g/mol. The summed E-state index contributed by atoms with van der Waals surface area (Å²) in [6.07, 6.45) is 4.83. The van der Waals surface area contributed by atoms with Gasteiger partial charge in [0.25, 0.3) is 0 Å². The lowest BCUT2D eigenvalue weighted by atomic mass is 10.3. The number of nitrogens with zero attached hydrogens (tertiary/aromatic N) is 3. The normalized spacial score (nSPS) is 16.4. The van der Waals surface area contributed by atoms with Crippen LogP contribution in [0.5, 0.6) is 0 Å². The van der Waals surface area contributed by atoms with E-state index in [4.69, 9.17) is 0 Å². The van der Waals surface area contributed by atoms with Crippen LogP contribution in [0.15, 0.2) is 17.8 Å². The van der Waals surface area contributed by atoms with Crippen molar-refractivity contribution < 1.29 is 9.59 Å². The Labute approximate surface area is 114 Å². The first-order valence-electron chi connectivity index (χ1n) is 6.18. The van der Waals surface area contributed by atoms with E-state index in [1.165, 1.54) is 11.3 Å². The highest BCUT2D eigenvalue weighted by Gasteiger charge is 2.20. The van der Waals surface area contributed by atoms with Crippen molar-refractivity contribution >= 4 is 28.1 Å². The smallest absolute Gasteiger partial charge is 0.239 e. The molecule has 0 radical (unpaired) electrons. The lowest BCUT2D eigenvalue weighted by Crippen LogP contribution is -2.38. The van der Waals surface area contributed by atoms with E-state index in [0.29, 0.717) is 13.1 Å². The van der Waals surface area contributed by atoms with Gasteiger partial charge in [0.05, 0.1) is 18.7 Å². The van der Waals surface area contributed by atoms with Crippen LogP contribution in [0.25, 0.3) is 4.96 Å². The highest BCUT2D eigenvalue weighted by Crippen LogP contribution is 2.12. The number of hydrogen-bond donors (Lipinski definition) is 1. The van der Waals surface area contributed by atoms with Crippen molar-refractivity contribution in [2.45, 2.75) is 12.8 Å². The molecule has 2 aromatic heterocycles. The maximum Gasteiger partial charge on any atom is 0.239 e. The van der Waals surface area contributed by atoms with Crippen LogP contribution < -0.4 is 5.32 Å². The predicted molar refractivity (Wildman–Crippen MR) is 71.0 cm³/mol. The molecular formula is C12H14N4O2S. The summed E-state index contributed by atoms with van der Waals surface area (Å²) in [6.45, 7) is 1.42. The monoisotopic (exact) mass is 278 g/mol. The van der Waals surface area contributed by atoms with E-state index in [2.05, 4.69) is 10.3 Å². The van der Waals surface area contributed by atoms with Gasteiger partial charge in [0.1, 0.15) is 0 Å². The number of carbonyl (C=O) groups is 2. The second-order valence-electron chi connectivity index (χ2n) is 4.52. The molecule has 1 aliphatic heterocycles. The molecule has 19 heavy (non-hydrogen) atoms. The molecule has 1 aliphatic rings. The number of rotatable bonds is 2. The third-order valence-electron chi connectivity index (χ3n) is 3.09. The number of nitrogens with one attached hydrogen (secondary N) is 1. The van der Waals surface area contributed by atoms with Gasteiger partial charge in [-0.2, -0.15) is 0 Å². The van der Waals surface area contributed by atoms with Crippen LogP contribution >= 0.6 is 11.3 Å². The molecule has 0 atom stereocenters. The zero-order valence-electron chi connectivity index (χ0n) is 10.3. The lowest BCUT2D eigenvalue weighted by Gasteiger charge is -2.18. The van der Waals surface area contributed by atoms with Crippen molar-refractivity contribution in [3.63, 3.8) is 0 Å². The molecule has 2 aromatic rings. The van der Waals surface area contributed by atoms with E-state index < -0.39 is 0 Å². The van der Waals surface area contributed by atoms with Crippen molar-refractivity contribution in [1.82, 2.24) is 19.6 Å². The molecule has 0 unspecified atom stereocenters. The fourth-order valence-electron chi connectivity index (χ4n) is 2.15. The summed E-state index contributed by atoms with van der Waals surface area (Å²) >= 11 is 1.54. The van der Waals surface area contributed by atoms with Crippen LogP contribution in [0.4, 0.5) is 0 Å². The molecule has 2 amide bonds. The minimum absolute atomic E-state index is 0.0391. The van der Waals surface area contributed by atoms with E-state index >= 15 is 0 Å². The first-order chi connectivity index (χ1) is 9.22. The largest absolute Gasteiger partial charge is 0.354 e. The van der Waals surface area contributed by atoms with Gasteiger partial charge in [-0.25, -0.2) is 4.98 Å². The quantitative estimate of drug-likeness (QED) is 0.858. The maximum atomic E-state index is 12.2. The summed E-state index contributed by atoms with van der Waals surface area (Å²) in [5, 5.41) is 4.71. The van der Waals surface area contributed by atoms with Gasteiger partial charge >= 0.3 is 0 Å². The van der Waals surface area contributed by atoms with Gasteiger partial charge in [-0.1, -0.05) is 0 Å². The van der Waals surface area contributed by atoms with Crippen molar-refractivity contribution in [2.24, 2.45) is 0 Å². The average molecular weight is 278 g/mol. The molecule has 3 heterocycles. The number of imidazole rings is 1. The highest BCUT2D eigenvalue weighted by atomic mass is 32.1. The molecule has 3 rings (SSSR count). The number of aromatic nitrogens is 2. The number of thiazole rings is 1. The van der Waals surface area contributed by atoms with E-state index in [-0.39, 0.29) is 24.8 Å². The Morgan fingerprint density at radius 2 is 2.42 bits per heavy atom. The van der Waals surface area contributed by atoms with Crippen LogP contribution in [-0.2, 0) is 16.0 Å². The molecule has 1 N–H and O–H groups in total. The first-order valence-corrected chi connectivity index (χ1v) is 7.06. The Morgan fingerprint density at radius 3 is 3.26 bits per heavy atom.